The second-order valence-electron chi connectivity index (χ2n) is 7.51. The number of piperidine rings is 1. The van der Waals surface area contributed by atoms with Gasteiger partial charge in [0.2, 0.25) is 10.0 Å². The third-order valence-electron chi connectivity index (χ3n) is 5.40. The topological polar surface area (TPSA) is 49.4 Å². The zero-order chi connectivity index (χ0) is 16.5. The lowest BCUT2D eigenvalue weighted by Crippen LogP contribution is -2.41. The van der Waals surface area contributed by atoms with Crippen LogP contribution < -0.4 is 4.72 Å². The molecule has 5 heteroatoms. The average molecular weight is 337 g/mol. The van der Waals surface area contributed by atoms with Gasteiger partial charge in [-0.2, -0.15) is 0 Å². The summed E-state index contributed by atoms with van der Waals surface area (Å²) >= 11 is 0. The van der Waals surface area contributed by atoms with E-state index in [1.54, 1.807) is 0 Å². The summed E-state index contributed by atoms with van der Waals surface area (Å²) in [6.45, 7) is 7.67. The maximum atomic E-state index is 12.2. The molecule has 2 fully saturated rings. The number of nitrogens with one attached hydrogen (secondary N) is 1. The molecule has 1 saturated carbocycles. The summed E-state index contributed by atoms with van der Waals surface area (Å²) in [5.74, 6) is 0.474. The normalized spacial score (nSPS) is 22.2. The molecule has 0 radical (unpaired) electrons. The van der Waals surface area contributed by atoms with Crippen LogP contribution in [0.4, 0.5) is 0 Å². The molecule has 3 rings (SSSR count). The fraction of sp³-hybridized carbons (Fsp3) is 0.667. The first-order chi connectivity index (χ1) is 10.9. The standard InChI is InChI=1S/C18H28N2O2S/c1-15-3-5-17(6-4-15)14-20-11-7-16(8-12-20)13-19-23(21,22)18(2)9-10-18/h3-6,16,19H,7-14H2,1-2H3. The lowest BCUT2D eigenvalue weighted by Gasteiger charge is -2.32. The first-order valence-corrected chi connectivity index (χ1v) is 10.1. The Labute approximate surface area is 140 Å². The van der Waals surface area contributed by atoms with Gasteiger partial charge in [-0.05, 0) is 64.1 Å². The van der Waals surface area contributed by atoms with Crippen molar-refractivity contribution in [1.82, 2.24) is 9.62 Å². The number of hydrogen-bond acceptors (Lipinski definition) is 3. The number of likely N-dealkylation sites (tertiary alicyclic amines) is 1. The molecular weight excluding hydrogens is 308 g/mol. The van der Waals surface area contributed by atoms with Gasteiger partial charge in [0.1, 0.15) is 0 Å². The van der Waals surface area contributed by atoms with Crippen LogP contribution in [0.15, 0.2) is 24.3 Å². The molecule has 0 unspecified atom stereocenters. The molecule has 23 heavy (non-hydrogen) atoms. The summed E-state index contributed by atoms with van der Waals surface area (Å²) in [4.78, 5) is 2.47. The summed E-state index contributed by atoms with van der Waals surface area (Å²) in [6.07, 6.45) is 3.75. The van der Waals surface area contributed by atoms with E-state index in [2.05, 4.69) is 40.8 Å². The molecule has 0 amide bonds. The highest BCUT2D eigenvalue weighted by atomic mass is 32.2. The van der Waals surface area contributed by atoms with Crippen molar-refractivity contribution >= 4 is 10.0 Å². The van der Waals surface area contributed by atoms with Crippen LogP contribution in [0.25, 0.3) is 0 Å². The van der Waals surface area contributed by atoms with E-state index >= 15 is 0 Å². The minimum Gasteiger partial charge on any atom is -0.299 e. The van der Waals surface area contributed by atoms with Crippen molar-refractivity contribution in [1.29, 1.82) is 0 Å². The van der Waals surface area contributed by atoms with E-state index in [0.717, 1.165) is 45.3 Å². The van der Waals surface area contributed by atoms with Crippen molar-refractivity contribution in [2.75, 3.05) is 19.6 Å². The number of benzene rings is 1. The molecule has 0 spiro atoms. The number of aryl methyl sites for hydroxylation is 1. The van der Waals surface area contributed by atoms with Crippen LogP contribution in [0.2, 0.25) is 0 Å². The van der Waals surface area contributed by atoms with Crippen molar-refractivity contribution < 1.29 is 8.42 Å². The Morgan fingerprint density at radius 3 is 2.35 bits per heavy atom. The zero-order valence-corrected chi connectivity index (χ0v) is 15.0. The monoisotopic (exact) mass is 336 g/mol. The SMILES string of the molecule is Cc1ccc(CN2CCC(CNS(=O)(=O)C3(C)CC3)CC2)cc1. The molecule has 1 aliphatic heterocycles. The van der Waals surface area contributed by atoms with Gasteiger partial charge in [-0.1, -0.05) is 29.8 Å². The predicted octanol–water partition coefficient (Wildman–Crippen LogP) is 2.68. The molecule has 1 saturated heterocycles. The van der Waals surface area contributed by atoms with E-state index in [-0.39, 0.29) is 0 Å². The first-order valence-electron chi connectivity index (χ1n) is 8.65. The van der Waals surface area contributed by atoms with E-state index in [4.69, 9.17) is 0 Å². The molecule has 2 aliphatic rings. The Morgan fingerprint density at radius 2 is 1.78 bits per heavy atom. The molecule has 1 aliphatic carbocycles. The molecule has 1 aromatic carbocycles. The van der Waals surface area contributed by atoms with E-state index in [1.165, 1.54) is 11.1 Å². The van der Waals surface area contributed by atoms with Crippen LogP contribution in [0.5, 0.6) is 0 Å². The van der Waals surface area contributed by atoms with Crippen LogP contribution >= 0.6 is 0 Å². The van der Waals surface area contributed by atoms with Crippen molar-refractivity contribution in [3.05, 3.63) is 35.4 Å². The average Bonchev–Trinajstić information content (AvgIpc) is 3.29. The molecule has 1 heterocycles. The minimum absolute atomic E-state index is 0.474. The number of sulfonamides is 1. The Kier molecular flexibility index (Phi) is 4.81. The third kappa shape index (κ3) is 4.14. The van der Waals surface area contributed by atoms with Crippen molar-refractivity contribution in [3.8, 4) is 0 Å². The van der Waals surface area contributed by atoms with Crippen LogP contribution in [0.3, 0.4) is 0 Å². The maximum absolute atomic E-state index is 12.2. The van der Waals surface area contributed by atoms with Crippen LogP contribution in [-0.2, 0) is 16.6 Å². The van der Waals surface area contributed by atoms with Crippen molar-refractivity contribution in [2.45, 2.75) is 50.8 Å². The van der Waals surface area contributed by atoms with E-state index in [0.29, 0.717) is 12.5 Å². The lowest BCUT2D eigenvalue weighted by atomic mass is 9.97. The van der Waals surface area contributed by atoms with Gasteiger partial charge in [-0.3, -0.25) is 4.90 Å². The maximum Gasteiger partial charge on any atom is 0.217 e. The number of rotatable bonds is 6. The summed E-state index contributed by atoms with van der Waals surface area (Å²) in [6, 6.07) is 8.72. The smallest absolute Gasteiger partial charge is 0.217 e. The third-order valence-corrected chi connectivity index (χ3v) is 7.65. The van der Waals surface area contributed by atoms with Crippen molar-refractivity contribution in [2.24, 2.45) is 5.92 Å². The zero-order valence-electron chi connectivity index (χ0n) is 14.2. The Balaban J connectivity index is 1.42. The fourth-order valence-corrected chi connectivity index (χ4v) is 4.59. The highest BCUT2D eigenvalue weighted by Crippen LogP contribution is 2.42. The molecule has 0 bridgehead atoms. The highest BCUT2D eigenvalue weighted by Gasteiger charge is 2.49. The second-order valence-corrected chi connectivity index (χ2v) is 9.79. The fourth-order valence-electron chi connectivity index (χ4n) is 3.15. The second kappa shape index (κ2) is 6.54. The summed E-state index contributed by atoms with van der Waals surface area (Å²) in [5.41, 5.74) is 2.65. The number of nitrogens with zero attached hydrogens (tertiary/aromatic N) is 1. The molecule has 128 valence electrons. The lowest BCUT2D eigenvalue weighted by molar-refractivity contribution is 0.178. The van der Waals surface area contributed by atoms with Gasteiger partial charge in [0, 0.05) is 13.1 Å². The van der Waals surface area contributed by atoms with Gasteiger partial charge in [-0.25, -0.2) is 13.1 Å². The minimum atomic E-state index is -3.12. The largest absolute Gasteiger partial charge is 0.299 e. The predicted molar refractivity (Wildman–Crippen MR) is 93.7 cm³/mol. The van der Waals surface area contributed by atoms with E-state index in [1.807, 2.05) is 6.92 Å². The number of hydrogen-bond donors (Lipinski definition) is 1. The van der Waals surface area contributed by atoms with Gasteiger partial charge in [0.25, 0.3) is 0 Å². The molecular formula is C18H28N2O2S. The molecule has 0 aromatic heterocycles. The van der Waals surface area contributed by atoms with E-state index < -0.39 is 14.8 Å². The molecule has 1 N–H and O–H groups in total. The van der Waals surface area contributed by atoms with Crippen LogP contribution in [0, 0.1) is 12.8 Å². The van der Waals surface area contributed by atoms with Gasteiger partial charge >= 0.3 is 0 Å². The Bertz CT molecular complexity index is 627. The van der Waals surface area contributed by atoms with Crippen molar-refractivity contribution in [3.63, 3.8) is 0 Å². The highest BCUT2D eigenvalue weighted by molar-refractivity contribution is 7.91. The molecule has 1 aromatic rings. The molecule has 0 atom stereocenters. The van der Waals surface area contributed by atoms with Crippen LogP contribution in [-0.4, -0.2) is 37.7 Å². The van der Waals surface area contributed by atoms with Gasteiger partial charge in [0.15, 0.2) is 0 Å². The quantitative estimate of drug-likeness (QED) is 0.869. The Morgan fingerprint density at radius 1 is 1.17 bits per heavy atom. The summed E-state index contributed by atoms with van der Waals surface area (Å²) in [7, 11) is -3.12. The molecule has 4 nitrogen and oxygen atoms in total. The first kappa shape index (κ1) is 16.9. The van der Waals surface area contributed by atoms with E-state index in [9.17, 15) is 8.42 Å². The Hall–Kier alpha value is -0.910. The summed E-state index contributed by atoms with van der Waals surface area (Å²) in [5, 5.41) is 0. The van der Waals surface area contributed by atoms with Gasteiger partial charge in [0.05, 0.1) is 4.75 Å². The van der Waals surface area contributed by atoms with Gasteiger partial charge in [-0.15, -0.1) is 0 Å². The summed E-state index contributed by atoms with van der Waals surface area (Å²) < 4.78 is 26.7. The van der Waals surface area contributed by atoms with Gasteiger partial charge < -0.3 is 0 Å². The van der Waals surface area contributed by atoms with Crippen LogP contribution in [0.1, 0.15) is 43.7 Å².